The van der Waals surface area contributed by atoms with E-state index in [0.717, 1.165) is 0 Å². The van der Waals surface area contributed by atoms with Gasteiger partial charge >= 0.3 is 17.9 Å². The van der Waals surface area contributed by atoms with Gasteiger partial charge in [-0.1, -0.05) is 6.92 Å². The van der Waals surface area contributed by atoms with Gasteiger partial charge in [0.1, 0.15) is 6.10 Å². The second kappa shape index (κ2) is 4.90. The van der Waals surface area contributed by atoms with E-state index in [9.17, 15) is 22.0 Å². The zero-order valence-electron chi connectivity index (χ0n) is 9.93. The Hall–Kier alpha value is -0.470. The van der Waals surface area contributed by atoms with Gasteiger partial charge in [-0.3, -0.25) is 0 Å². The predicted molar refractivity (Wildman–Crippen MR) is 51.1 cm³/mol. The molecule has 3 atom stereocenters. The quantitative estimate of drug-likeness (QED) is 0.806. The van der Waals surface area contributed by atoms with Crippen molar-refractivity contribution >= 4 is 0 Å². The molecule has 3 unspecified atom stereocenters. The minimum absolute atomic E-state index is 0.373. The Labute approximate surface area is 101 Å². The highest BCUT2D eigenvalue weighted by molar-refractivity contribution is 5.00. The SMILES string of the molecule is CCC(C)OC1CCOC(O)(C(F)(F)F)C1(F)F. The number of ether oxygens (including phenoxy) is 2. The van der Waals surface area contributed by atoms with Gasteiger partial charge in [0, 0.05) is 6.42 Å². The molecule has 0 spiro atoms. The molecule has 0 radical (unpaired) electrons. The van der Waals surface area contributed by atoms with Crippen molar-refractivity contribution in [3.63, 3.8) is 0 Å². The lowest BCUT2D eigenvalue weighted by Crippen LogP contribution is -2.68. The molecule has 1 fully saturated rings. The van der Waals surface area contributed by atoms with Crippen LogP contribution in [0.5, 0.6) is 0 Å². The number of halogens is 5. The first-order chi connectivity index (χ1) is 8.06. The molecule has 18 heavy (non-hydrogen) atoms. The largest absolute Gasteiger partial charge is 0.449 e. The maximum Gasteiger partial charge on any atom is 0.449 e. The van der Waals surface area contributed by atoms with E-state index in [1.54, 1.807) is 6.92 Å². The van der Waals surface area contributed by atoms with Crippen LogP contribution in [0.4, 0.5) is 22.0 Å². The maximum atomic E-state index is 13.7. The Balaban J connectivity index is 2.98. The fraction of sp³-hybridized carbons (Fsp3) is 1.00. The third-order valence-corrected chi connectivity index (χ3v) is 2.90. The van der Waals surface area contributed by atoms with Crippen molar-refractivity contribution in [2.24, 2.45) is 0 Å². The van der Waals surface area contributed by atoms with Crippen molar-refractivity contribution in [1.29, 1.82) is 0 Å². The smallest absolute Gasteiger partial charge is 0.369 e. The van der Waals surface area contributed by atoms with Gasteiger partial charge in [0.25, 0.3) is 0 Å². The summed E-state index contributed by atoms with van der Waals surface area (Å²) in [5, 5.41) is 9.11. The summed E-state index contributed by atoms with van der Waals surface area (Å²) in [6.45, 7) is 2.48. The minimum atomic E-state index is -5.59. The van der Waals surface area contributed by atoms with Crippen LogP contribution in [0.25, 0.3) is 0 Å². The van der Waals surface area contributed by atoms with Gasteiger partial charge in [0.15, 0.2) is 0 Å². The first-order valence-corrected chi connectivity index (χ1v) is 5.52. The summed E-state index contributed by atoms with van der Waals surface area (Å²) in [4.78, 5) is 0. The normalized spacial score (nSPS) is 34.3. The standard InChI is InChI=1S/C10H15F5O3/c1-3-6(2)18-7-4-5-17-9(16,8(7,11)12)10(13,14)15/h6-7,16H,3-5H2,1-2H3. The summed E-state index contributed by atoms with van der Waals surface area (Å²) in [5.74, 6) is -9.04. The molecule has 0 saturated carbocycles. The highest BCUT2D eigenvalue weighted by Gasteiger charge is 2.75. The van der Waals surface area contributed by atoms with Crippen LogP contribution in [-0.2, 0) is 9.47 Å². The molecule has 1 heterocycles. The summed E-state index contributed by atoms with van der Waals surface area (Å²) in [6, 6.07) is 0. The third kappa shape index (κ3) is 2.46. The van der Waals surface area contributed by atoms with Crippen molar-refractivity contribution in [3.8, 4) is 0 Å². The molecule has 1 saturated heterocycles. The summed E-state index contributed by atoms with van der Waals surface area (Å²) in [7, 11) is 0. The molecule has 0 aliphatic carbocycles. The lowest BCUT2D eigenvalue weighted by atomic mass is 9.96. The molecule has 1 rings (SSSR count). The van der Waals surface area contributed by atoms with E-state index < -0.39 is 43.1 Å². The van der Waals surface area contributed by atoms with Crippen molar-refractivity contribution in [3.05, 3.63) is 0 Å². The second-order valence-corrected chi connectivity index (χ2v) is 4.25. The Kier molecular flexibility index (Phi) is 4.24. The molecule has 0 amide bonds. The maximum absolute atomic E-state index is 13.7. The van der Waals surface area contributed by atoms with Crippen LogP contribution in [0.2, 0.25) is 0 Å². The highest BCUT2D eigenvalue weighted by atomic mass is 19.4. The van der Waals surface area contributed by atoms with E-state index >= 15 is 0 Å². The Bertz CT molecular complexity index is 294. The van der Waals surface area contributed by atoms with E-state index in [2.05, 4.69) is 4.74 Å². The van der Waals surface area contributed by atoms with Crippen molar-refractivity contribution in [1.82, 2.24) is 0 Å². The van der Waals surface area contributed by atoms with E-state index in [1.807, 2.05) is 0 Å². The summed E-state index contributed by atoms with van der Waals surface area (Å²) in [6.07, 6.45) is -8.27. The molecule has 1 aliphatic heterocycles. The Morgan fingerprint density at radius 1 is 1.44 bits per heavy atom. The average Bonchev–Trinajstić information content (AvgIpc) is 2.23. The van der Waals surface area contributed by atoms with Crippen LogP contribution >= 0.6 is 0 Å². The van der Waals surface area contributed by atoms with Crippen molar-refractivity contribution < 1.29 is 36.5 Å². The summed E-state index contributed by atoms with van der Waals surface area (Å²) < 4.78 is 73.6. The summed E-state index contributed by atoms with van der Waals surface area (Å²) >= 11 is 0. The molecule has 108 valence electrons. The van der Waals surface area contributed by atoms with Gasteiger partial charge in [-0.2, -0.15) is 22.0 Å². The molecule has 0 aromatic rings. The van der Waals surface area contributed by atoms with Gasteiger partial charge in [0.2, 0.25) is 0 Å². The Morgan fingerprint density at radius 2 is 2.00 bits per heavy atom. The van der Waals surface area contributed by atoms with Crippen LogP contribution in [0, 0.1) is 0 Å². The van der Waals surface area contributed by atoms with Crippen LogP contribution in [0.15, 0.2) is 0 Å². The van der Waals surface area contributed by atoms with Gasteiger partial charge in [-0.05, 0) is 13.3 Å². The fourth-order valence-electron chi connectivity index (χ4n) is 1.61. The molecule has 1 N–H and O–H groups in total. The number of alkyl halides is 5. The molecule has 8 heteroatoms. The van der Waals surface area contributed by atoms with Crippen LogP contribution in [-0.4, -0.2) is 41.8 Å². The van der Waals surface area contributed by atoms with Crippen LogP contribution < -0.4 is 0 Å². The lowest BCUT2D eigenvalue weighted by molar-refractivity contribution is -0.459. The Morgan fingerprint density at radius 3 is 2.44 bits per heavy atom. The summed E-state index contributed by atoms with van der Waals surface area (Å²) in [5.41, 5.74) is 0. The highest BCUT2D eigenvalue weighted by Crippen LogP contribution is 2.48. The van der Waals surface area contributed by atoms with E-state index in [1.165, 1.54) is 6.92 Å². The average molecular weight is 278 g/mol. The zero-order chi connectivity index (χ0) is 14.2. The number of rotatable bonds is 3. The van der Waals surface area contributed by atoms with Gasteiger partial charge in [0.05, 0.1) is 12.7 Å². The number of hydrogen-bond donors (Lipinski definition) is 1. The monoisotopic (exact) mass is 278 g/mol. The third-order valence-electron chi connectivity index (χ3n) is 2.90. The molecule has 0 aromatic carbocycles. The van der Waals surface area contributed by atoms with Gasteiger partial charge in [-0.15, -0.1) is 0 Å². The number of hydrogen-bond acceptors (Lipinski definition) is 3. The van der Waals surface area contributed by atoms with E-state index in [4.69, 9.17) is 9.84 Å². The molecule has 3 nitrogen and oxygen atoms in total. The van der Waals surface area contributed by atoms with Gasteiger partial charge < -0.3 is 14.6 Å². The van der Waals surface area contributed by atoms with Gasteiger partial charge in [-0.25, -0.2) is 0 Å². The van der Waals surface area contributed by atoms with Crippen LogP contribution in [0.1, 0.15) is 26.7 Å². The molecule has 1 aliphatic rings. The van der Waals surface area contributed by atoms with E-state index in [-0.39, 0.29) is 0 Å². The molecular weight excluding hydrogens is 263 g/mol. The number of aliphatic hydroxyl groups is 1. The van der Waals surface area contributed by atoms with Crippen molar-refractivity contribution in [2.45, 2.75) is 56.8 Å². The topological polar surface area (TPSA) is 38.7 Å². The first kappa shape index (κ1) is 15.6. The minimum Gasteiger partial charge on any atom is -0.369 e. The molecular formula is C10H15F5O3. The fourth-order valence-corrected chi connectivity index (χ4v) is 1.61. The first-order valence-electron chi connectivity index (χ1n) is 5.52. The predicted octanol–water partition coefficient (Wildman–Crippen LogP) is 2.48. The zero-order valence-corrected chi connectivity index (χ0v) is 9.93. The van der Waals surface area contributed by atoms with Crippen LogP contribution in [0.3, 0.4) is 0 Å². The molecule has 0 bridgehead atoms. The van der Waals surface area contributed by atoms with E-state index in [0.29, 0.717) is 6.42 Å². The lowest BCUT2D eigenvalue weighted by Gasteiger charge is -2.44. The second-order valence-electron chi connectivity index (χ2n) is 4.25. The molecule has 0 aromatic heterocycles. The van der Waals surface area contributed by atoms with Crippen molar-refractivity contribution in [2.75, 3.05) is 6.61 Å².